The van der Waals surface area contributed by atoms with Gasteiger partial charge in [0.15, 0.2) is 6.29 Å². The Morgan fingerprint density at radius 2 is 2.09 bits per heavy atom. The van der Waals surface area contributed by atoms with Crippen LogP contribution in [0.15, 0.2) is 0 Å². The van der Waals surface area contributed by atoms with E-state index in [2.05, 4.69) is 0 Å². The Kier molecular flexibility index (Phi) is 3.80. The predicted molar refractivity (Wildman–Crippen MR) is 40.1 cm³/mol. The van der Waals surface area contributed by atoms with Gasteiger partial charge in [0.25, 0.3) is 0 Å². The van der Waals surface area contributed by atoms with E-state index in [9.17, 15) is 4.39 Å². The van der Waals surface area contributed by atoms with Gasteiger partial charge in [0.05, 0.1) is 19.9 Å². The van der Waals surface area contributed by atoms with Crippen molar-refractivity contribution in [2.75, 3.05) is 19.9 Å². The second-order valence-corrected chi connectivity index (χ2v) is 2.79. The number of hydrogen-bond acceptors (Lipinski definition) is 2. The van der Waals surface area contributed by atoms with Crippen molar-refractivity contribution in [1.29, 1.82) is 0 Å². The molecule has 1 unspecified atom stereocenters. The van der Waals surface area contributed by atoms with Crippen LogP contribution in [-0.4, -0.2) is 26.2 Å². The van der Waals surface area contributed by atoms with Crippen molar-refractivity contribution < 1.29 is 13.9 Å². The maximum absolute atomic E-state index is 12.3. The SMILES string of the molecule is CCC(CF)C1OCCCO1. The van der Waals surface area contributed by atoms with Crippen LogP contribution in [0.1, 0.15) is 19.8 Å². The molecule has 1 aliphatic heterocycles. The molecule has 66 valence electrons. The zero-order chi connectivity index (χ0) is 8.10. The fraction of sp³-hybridized carbons (Fsp3) is 1.00. The van der Waals surface area contributed by atoms with Gasteiger partial charge < -0.3 is 9.47 Å². The molecule has 0 aliphatic carbocycles. The van der Waals surface area contributed by atoms with Gasteiger partial charge in [-0.25, -0.2) is 0 Å². The molecule has 3 heteroatoms. The summed E-state index contributed by atoms with van der Waals surface area (Å²) in [6.45, 7) is 3.02. The lowest BCUT2D eigenvalue weighted by Crippen LogP contribution is -2.33. The van der Waals surface area contributed by atoms with E-state index < -0.39 is 0 Å². The first-order valence-corrected chi connectivity index (χ1v) is 4.17. The molecular formula is C8H15FO2. The lowest BCUT2D eigenvalue weighted by atomic mass is 10.1. The largest absolute Gasteiger partial charge is 0.352 e. The molecule has 0 bridgehead atoms. The third-order valence-corrected chi connectivity index (χ3v) is 1.96. The highest BCUT2D eigenvalue weighted by atomic mass is 19.1. The van der Waals surface area contributed by atoms with Crippen LogP contribution in [0.4, 0.5) is 4.39 Å². The molecule has 0 N–H and O–H groups in total. The molecule has 11 heavy (non-hydrogen) atoms. The van der Waals surface area contributed by atoms with Gasteiger partial charge in [-0.1, -0.05) is 6.92 Å². The molecular weight excluding hydrogens is 147 g/mol. The summed E-state index contributed by atoms with van der Waals surface area (Å²) in [5.74, 6) is -0.0738. The summed E-state index contributed by atoms with van der Waals surface area (Å²) < 4.78 is 22.8. The highest BCUT2D eigenvalue weighted by molar-refractivity contribution is 4.62. The monoisotopic (exact) mass is 162 g/mol. The van der Waals surface area contributed by atoms with Crippen LogP contribution >= 0.6 is 0 Å². The van der Waals surface area contributed by atoms with Crippen molar-refractivity contribution in [3.63, 3.8) is 0 Å². The Hall–Kier alpha value is -0.150. The van der Waals surface area contributed by atoms with Crippen molar-refractivity contribution in [3.05, 3.63) is 0 Å². The second kappa shape index (κ2) is 4.67. The maximum atomic E-state index is 12.3. The summed E-state index contributed by atoms with van der Waals surface area (Å²) >= 11 is 0. The third-order valence-electron chi connectivity index (χ3n) is 1.96. The minimum Gasteiger partial charge on any atom is -0.352 e. The average molecular weight is 162 g/mol. The number of rotatable bonds is 3. The summed E-state index contributed by atoms with van der Waals surface area (Å²) in [4.78, 5) is 0. The van der Waals surface area contributed by atoms with Gasteiger partial charge in [-0.3, -0.25) is 4.39 Å². The zero-order valence-electron chi connectivity index (χ0n) is 6.88. The predicted octanol–water partition coefficient (Wildman–Crippen LogP) is 1.75. The molecule has 1 aliphatic rings. The molecule has 1 heterocycles. The van der Waals surface area contributed by atoms with Crippen molar-refractivity contribution >= 4 is 0 Å². The van der Waals surface area contributed by atoms with Crippen molar-refractivity contribution in [1.82, 2.24) is 0 Å². The van der Waals surface area contributed by atoms with Gasteiger partial charge in [-0.05, 0) is 12.8 Å². The molecule has 0 spiro atoms. The molecule has 2 nitrogen and oxygen atoms in total. The van der Waals surface area contributed by atoms with Gasteiger partial charge >= 0.3 is 0 Å². The highest BCUT2D eigenvalue weighted by Crippen LogP contribution is 2.17. The molecule has 0 aromatic carbocycles. The maximum Gasteiger partial charge on any atom is 0.162 e. The average Bonchev–Trinajstić information content (AvgIpc) is 2.09. The van der Waals surface area contributed by atoms with Crippen molar-refractivity contribution in [2.45, 2.75) is 26.1 Å². The first-order chi connectivity index (χ1) is 5.38. The quantitative estimate of drug-likeness (QED) is 0.629. The summed E-state index contributed by atoms with van der Waals surface area (Å²) in [5, 5.41) is 0. The number of ether oxygens (including phenoxy) is 2. The fourth-order valence-corrected chi connectivity index (χ4v) is 1.15. The van der Waals surface area contributed by atoms with Gasteiger partial charge in [0.2, 0.25) is 0 Å². The molecule has 1 fully saturated rings. The summed E-state index contributed by atoms with van der Waals surface area (Å²) in [6.07, 6.45) is 1.42. The van der Waals surface area contributed by atoms with Crippen LogP contribution in [-0.2, 0) is 9.47 Å². The lowest BCUT2D eigenvalue weighted by Gasteiger charge is -2.28. The standard InChI is InChI=1S/C8H15FO2/c1-2-7(6-9)8-10-4-3-5-11-8/h7-8H,2-6H2,1H3. The van der Waals surface area contributed by atoms with Crippen LogP contribution < -0.4 is 0 Å². The Bertz CT molecular complexity index is 98.3. The van der Waals surface area contributed by atoms with Crippen LogP contribution in [0.3, 0.4) is 0 Å². The van der Waals surface area contributed by atoms with Gasteiger partial charge in [-0.15, -0.1) is 0 Å². The molecule has 1 atom stereocenters. The normalized spacial score (nSPS) is 23.5. The van der Waals surface area contributed by atoms with E-state index in [0.29, 0.717) is 13.2 Å². The van der Waals surface area contributed by atoms with E-state index >= 15 is 0 Å². The molecule has 1 rings (SSSR count). The molecule has 0 aromatic rings. The van der Waals surface area contributed by atoms with Gasteiger partial charge in [0, 0.05) is 5.92 Å². The first kappa shape index (κ1) is 8.94. The van der Waals surface area contributed by atoms with E-state index in [1.54, 1.807) is 0 Å². The van der Waals surface area contributed by atoms with Crippen LogP contribution in [0, 0.1) is 5.92 Å². The minimum atomic E-state index is -0.346. The van der Waals surface area contributed by atoms with E-state index in [4.69, 9.17) is 9.47 Å². The second-order valence-electron chi connectivity index (χ2n) is 2.79. The molecule has 0 aromatic heterocycles. The van der Waals surface area contributed by atoms with Crippen molar-refractivity contribution in [3.8, 4) is 0 Å². The third kappa shape index (κ3) is 2.42. The Labute approximate surface area is 66.7 Å². The highest BCUT2D eigenvalue weighted by Gasteiger charge is 2.23. The van der Waals surface area contributed by atoms with Gasteiger partial charge in [-0.2, -0.15) is 0 Å². The molecule has 0 radical (unpaired) electrons. The molecule has 0 saturated carbocycles. The zero-order valence-corrected chi connectivity index (χ0v) is 6.88. The molecule has 0 amide bonds. The molecule has 1 saturated heterocycles. The summed E-state index contributed by atoms with van der Waals surface area (Å²) in [6, 6.07) is 0. The van der Waals surface area contributed by atoms with E-state index in [0.717, 1.165) is 12.8 Å². The lowest BCUT2D eigenvalue weighted by molar-refractivity contribution is -0.207. The summed E-state index contributed by atoms with van der Waals surface area (Å²) in [7, 11) is 0. The van der Waals surface area contributed by atoms with Crippen LogP contribution in [0.25, 0.3) is 0 Å². The Morgan fingerprint density at radius 1 is 1.45 bits per heavy atom. The van der Waals surface area contributed by atoms with E-state index in [1.807, 2.05) is 6.92 Å². The fourth-order valence-electron chi connectivity index (χ4n) is 1.15. The minimum absolute atomic E-state index is 0.0738. The first-order valence-electron chi connectivity index (χ1n) is 4.17. The Morgan fingerprint density at radius 3 is 2.55 bits per heavy atom. The van der Waals surface area contributed by atoms with Crippen molar-refractivity contribution in [2.24, 2.45) is 5.92 Å². The van der Waals surface area contributed by atoms with Gasteiger partial charge in [0.1, 0.15) is 0 Å². The van der Waals surface area contributed by atoms with E-state index in [-0.39, 0.29) is 18.9 Å². The van der Waals surface area contributed by atoms with Crippen LogP contribution in [0.2, 0.25) is 0 Å². The van der Waals surface area contributed by atoms with E-state index in [1.165, 1.54) is 0 Å². The smallest absolute Gasteiger partial charge is 0.162 e. The number of hydrogen-bond donors (Lipinski definition) is 0. The number of alkyl halides is 1. The van der Waals surface area contributed by atoms with Crippen LogP contribution in [0.5, 0.6) is 0 Å². The topological polar surface area (TPSA) is 18.5 Å². The summed E-state index contributed by atoms with van der Waals surface area (Å²) in [5.41, 5.74) is 0. The number of halogens is 1. The Balaban J connectivity index is 2.30.